The standard InChI is InChI=1S/C28H26N4O2/c33-26-22(15-16-31(26)17-20-9-3-1-4-10-20)23-19-32(18-21-11-5-2-6-12-21)27(34)28(23)29-24-13-7-8-14-25(24)30-28/h1-14,29-30H,15-19H2/b23-22+. The van der Waals surface area contributed by atoms with Crippen molar-refractivity contribution in [2.75, 3.05) is 23.7 Å². The minimum Gasteiger partial charge on any atom is -0.350 e. The Bertz CT molecular complexity index is 1260. The normalized spacial score (nSPS) is 20.6. The first-order valence-corrected chi connectivity index (χ1v) is 11.7. The smallest absolute Gasteiger partial charge is 0.274 e. The lowest BCUT2D eigenvalue weighted by atomic mass is 9.96. The quantitative estimate of drug-likeness (QED) is 0.590. The van der Waals surface area contributed by atoms with Gasteiger partial charge in [-0.05, 0) is 29.7 Å². The number of hydrogen-bond donors (Lipinski definition) is 2. The molecule has 3 heterocycles. The Hall–Kier alpha value is -4.06. The summed E-state index contributed by atoms with van der Waals surface area (Å²) in [6, 6.07) is 27.8. The topological polar surface area (TPSA) is 64.7 Å². The molecule has 0 radical (unpaired) electrons. The molecule has 6 heteroatoms. The van der Waals surface area contributed by atoms with E-state index >= 15 is 0 Å². The van der Waals surface area contributed by atoms with Gasteiger partial charge in [-0.3, -0.25) is 9.59 Å². The molecule has 2 fully saturated rings. The van der Waals surface area contributed by atoms with Gasteiger partial charge in [0.05, 0.1) is 11.4 Å². The molecule has 6 rings (SSSR count). The summed E-state index contributed by atoms with van der Waals surface area (Å²) in [6.07, 6.45) is 0.634. The molecular weight excluding hydrogens is 424 g/mol. The molecular formula is C28H26N4O2. The number of para-hydroxylation sites is 2. The molecule has 34 heavy (non-hydrogen) atoms. The third-order valence-corrected chi connectivity index (χ3v) is 6.95. The van der Waals surface area contributed by atoms with E-state index in [2.05, 4.69) is 10.6 Å². The van der Waals surface area contributed by atoms with Crippen molar-refractivity contribution in [3.63, 3.8) is 0 Å². The number of likely N-dealkylation sites (tertiary alicyclic amines) is 2. The Morgan fingerprint density at radius 1 is 0.706 bits per heavy atom. The second-order valence-corrected chi connectivity index (χ2v) is 9.11. The van der Waals surface area contributed by atoms with E-state index in [9.17, 15) is 9.59 Å². The SMILES string of the molecule is O=C1/C(=C2\CN(Cc3ccccc3)C(=O)C23Nc2ccccc2N3)CCN1Cc1ccccc1. The highest BCUT2D eigenvalue weighted by Gasteiger charge is 2.56. The van der Waals surface area contributed by atoms with E-state index in [4.69, 9.17) is 0 Å². The highest BCUT2D eigenvalue weighted by Crippen LogP contribution is 2.44. The lowest BCUT2D eigenvalue weighted by Crippen LogP contribution is -2.51. The molecule has 0 unspecified atom stereocenters. The van der Waals surface area contributed by atoms with Gasteiger partial charge in [-0.1, -0.05) is 72.8 Å². The number of anilines is 2. The van der Waals surface area contributed by atoms with Gasteiger partial charge < -0.3 is 20.4 Å². The third kappa shape index (κ3) is 3.34. The number of nitrogens with one attached hydrogen (secondary N) is 2. The molecule has 1 spiro atoms. The zero-order valence-corrected chi connectivity index (χ0v) is 18.8. The van der Waals surface area contributed by atoms with E-state index in [0.717, 1.165) is 33.6 Å². The van der Waals surface area contributed by atoms with Crippen LogP contribution in [0.1, 0.15) is 17.5 Å². The number of amides is 2. The Labute approximate surface area is 198 Å². The molecule has 170 valence electrons. The number of benzene rings is 3. The lowest BCUT2D eigenvalue weighted by molar-refractivity contribution is -0.130. The third-order valence-electron chi connectivity index (χ3n) is 6.95. The van der Waals surface area contributed by atoms with Crippen LogP contribution in [0.4, 0.5) is 11.4 Å². The fourth-order valence-electron chi connectivity index (χ4n) is 5.28. The fraction of sp³-hybridized carbons (Fsp3) is 0.214. The van der Waals surface area contributed by atoms with Gasteiger partial charge in [0.15, 0.2) is 0 Å². The Morgan fingerprint density at radius 3 is 1.82 bits per heavy atom. The number of carbonyl (C=O) groups excluding carboxylic acids is 2. The van der Waals surface area contributed by atoms with Gasteiger partial charge in [0, 0.05) is 37.3 Å². The van der Waals surface area contributed by atoms with Crippen LogP contribution in [0.2, 0.25) is 0 Å². The number of hydrogen-bond acceptors (Lipinski definition) is 4. The molecule has 6 nitrogen and oxygen atoms in total. The van der Waals surface area contributed by atoms with E-state index in [-0.39, 0.29) is 11.8 Å². The van der Waals surface area contributed by atoms with Gasteiger partial charge in [-0.15, -0.1) is 0 Å². The summed E-state index contributed by atoms with van der Waals surface area (Å²) in [5.41, 5.74) is 4.39. The fourth-order valence-corrected chi connectivity index (χ4v) is 5.28. The van der Waals surface area contributed by atoms with Crippen LogP contribution in [0.15, 0.2) is 96.1 Å². The molecule has 3 aliphatic rings. The van der Waals surface area contributed by atoms with Crippen molar-refractivity contribution in [3.05, 3.63) is 107 Å². The van der Waals surface area contributed by atoms with Crippen LogP contribution in [-0.2, 0) is 22.7 Å². The van der Waals surface area contributed by atoms with E-state index in [1.807, 2.05) is 94.7 Å². The van der Waals surface area contributed by atoms with E-state index < -0.39 is 5.66 Å². The van der Waals surface area contributed by atoms with Crippen LogP contribution in [0.25, 0.3) is 0 Å². The first-order valence-electron chi connectivity index (χ1n) is 11.7. The van der Waals surface area contributed by atoms with Crippen molar-refractivity contribution in [1.82, 2.24) is 9.80 Å². The van der Waals surface area contributed by atoms with Crippen molar-refractivity contribution in [2.45, 2.75) is 25.2 Å². The molecule has 0 saturated carbocycles. The summed E-state index contributed by atoms with van der Waals surface area (Å²) in [5, 5.41) is 6.91. The van der Waals surface area contributed by atoms with Gasteiger partial charge in [0.2, 0.25) is 11.6 Å². The molecule has 2 N–H and O–H groups in total. The van der Waals surface area contributed by atoms with Crippen molar-refractivity contribution in [2.24, 2.45) is 0 Å². The van der Waals surface area contributed by atoms with Gasteiger partial charge in [0.25, 0.3) is 5.91 Å². The van der Waals surface area contributed by atoms with Crippen molar-refractivity contribution >= 4 is 23.2 Å². The molecule has 2 saturated heterocycles. The minimum atomic E-state index is -1.12. The first-order chi connectivity index (χ1) is 16.6. The van der Waals surface area contributed by atoms with E-state index in [1.165, 1.54) is 0 Å². The Balaban J connectivity index is 1.36. The first kappa shape index (κ1) is 20.5. The Kier molecular flexibility index (Phi) is 4.87. The van der Waals surface area contributed by atoms with Crippen LogP contribution >= 0.6 is 0 Å². The number of carbonyl (C=O) groups is 2. The van der Waals surface area contributed by atoms with E-state index in [1.54, 1.807) is 0 Å². The Morgan fingerprint density at radius 2 is 1.24 bits per heavy atom. The van der Waals surface area contributed by atoms with Crippen LogP contribution in [0.3, 0.4) is 0 Å². The maximum atomic E-state index is 13.9. The maximum Gasteiger partial charge on any atom is 0.274 e. The van der Waals surface area contributed by atoms with Crippen LogP contribution in [-0.4, -0.2) is 40.4 Å². The van der Waals surface area contributed by atoms with Crippen molar-refractivity contribution < 1.29 is 9.59 Å². The molecule has 3 aliphatic heterocycles. The van der Waals surface area contributed by atoms with Gasteiger partial charge in [-0.25, -0.2) is 0 Å². The zero-order chi connectivity index (χ0) is 23.1. The second-order valence-electron chi connectivity index (χ2n) is 9.11. The lowest BCUT2D eigenvalue weighted by Gasteiger charge is -2.26. The van der Waals surface area contributed by atoms with E-state index in [0.29, 0.717) is 32.6 Å². The predicted molar refractivity (Wildman–Crippen MR) is 132 cm³/mol. The second kappa shape index (κ2) is 8.06. The van der Waals surface area contributed by atoms with Crippen LogP contribution in [0, 0.1) is 0 Å². The largest absolute Gasteiger partial charge is 0.350 e. The molecule has 3 aromatic carbocycles. The zero-order valence-electron chi connectivity index (χ0n) is 18.8. The molecule has 0 aliphatic carbocycles. The number of rotatable bonds is 4. The minimum absolute atomic E-state index is 0.0205. The summed E-state index contributed by atoms with van der Waals surface area (Å²) in [5.74, 6) is -0.0310. The monoisotopic (exact) mass is 450 g/mol. The molecule has 2 amide bonds. The summed E-state index contributed by atoms with van der Waals surface area (Å²) >= 11 is 0. The molecule has 0 aromatic heterocycles. The highest BCUT2D eigenvalue weighted by molar-refractivity contribution is 6.07. The molecule has 0 atom stereocenters. The van der Waals surface area contributed by atoms with Crippen LogP contribution in [0.5, 0.6) is 0 Å². The van der Waals surface area contributed by atoms with Crippen molar-refractivity contribution in [1.29, 1.82) is 0 Å². The number of fused-ring (bicyclic) bond motifs is 1. The maximum absolute atomic E-state index is 13.9. The summed E-state index contributed by atoms with van der Waals surface area (Å²) in [7, 11) is 0. The summed E-state index contributed by atoms with van der Waals surface area (Å²) < 4.78 is 0. The van der Waals surface area contributed by atoms with Crippen LogP contribution < -0.4 is 10.6 Å². The summed E-state index contributed by atoms with van der Waals surface area (Å²) in [4.78, 5) is 31.2. The molecule has 0 bridgehead atoms. The number of nitrogens with zero attached hydrogens (tertiary/aromatic N) is 2. The van der Waals surface area contributed by atoms with Gasteiger partial charge in [0.1, 0.15) is 0 Å². The average Bonchev–Trinajstić information content (AvgIpc) is 3.51. The van der Waals surface area contributed by atoms with Gasteiger partial charge >= 0.3 is 0 Å². The predicted octanol–water partition coefficient (Wildman–Crippen LogP) is 3.99. The van der Waals surface area contributed by atoms with Gasteiger partial charge in [-0.2, -0.15) is 0 Å². The molecule has 3 aromatic rings. The highest BCUT2D eigenvalue weighted by atomic mass is 16.2. The average molecular weight is 451 g/mol. The van der Waals surface area contributed by atoms with Crippen molar-refractivity contribution in [3.8, 4) is 0 Å². The summed E-state index contributed by atoms with van der Waals surface area (Å²) in [6.45, 7) is 2.15.